The fourth-order valence-corrected chi connectivity index (χ4v) is 1.81. The fourth-order valence-electron chi connectivity index (χ4n) is 1.81. The van der Waals surface area contributed by atoms with Crippen molar-refractivity contribution in [3.8, 4) is 0 Å². The van der Waals surface area contributed by atoms with Crippen LogP contribution in [0.3, 0.4) is 0 Å². The van der Waals surface area contributed by atoms with Crippen LogP contribution in [0.15, 0.2) is 0 Å². The molecule has 1 heterocycles. The molecule has 0 bridgehead atoms. The van der Waals surface area contributed by atoms with Crippen LogP contribution in [-0.4, -0.2) is 12.6 Å². The molecular weight excluding hydrogens is 152 g/mol. The summed E-state index contributed by atoms with van der Waals surface area (Å²) in [4.78, 5) is 11.1. The van der Waals surface area contributed by atoms with Gasteiger partial charge in [0.1, 0.15) is 0 Å². The number of carbonyl (C=O) groups excluding carboxylic acids is 1. The molecule has 12 heavy (non-hydrogen) atoms. The van der Waals surface area contributed by atoms with Gasteiger partial charge >= 0.3 is 5.97 Å². The highest BCUT2D eigenvalue weighted by atomic mass is 16.5. The zero-order valence-electron chi connectivity index (χ0n) is 8.17. The first-order chi connectivity index (χ1) is 5.66. The first kappa shape index (κ1) is 9.56. The van der Waals surface area contributed by atoms with Gasteiger partial charge in [0.15, 0.2) is 0 Å². The van der Waals surface area contributed by atoms with Crippen LogP contribution in [0.5, 0.6) is 0 Å². The second-order valence-corrected chi connectivity index (χ2v) is 3.83. The number of ether oxygens (including phenoxy) is 1. The van der Waals surface area contributed by atoms with Crippen molar-refractivity contribution in [1.82, 2.24) is 0 Å². The molecule has 0 aliphatic carbocycles. The maximum atomic E-state index is 11.1. The van der Waals surface area contributed by atoms with E-state index in [0.29, 0.717) is 18.4 Å². The maximum Gasteiger partial charge on any atom is 0.308 e. The minimum atomic E-state index is -0.0187. The molecule has 3 atom stereocenters. The smallest absolute Gasteiger partial charge is 0.308 e. The van der Waals surface area contributed by atoms with Crippen molar-refractivity contribution in [2.75, 3.05) is 6.61 Å². The molecule has 1 aliphatic heterocycles. The fraction of sp³-hybridized carbons (Fsp3) is 0.900. The lowest BCUT2D eigenvalue weighted by atomic mass is 9.80. The van der Waals surface area contributed by atoms with Crippen LogP contribution in [0.1, 0.15) is 33.6 Å². The molecule has 3 unspecified atom stereocenters. The largest absolute Gasteiger partial charge is 0.465 e. The molecule has 1 rings (SSSR count). The van der Waals surface area contributed by atoms with Gasteiger partial charge in [-0.05, 0) is 18.3 Å². The number of rotatable bonds is 2. The van der Waals surface area contributed by atoms with Crippen molar-refractivity contribution in [3.05, 3.63) is 0 Å². The molecule has 2 nitrogen and oxygen atoms in total. The lowest BCUT2D eigenvalue weighted by Crippen LogP contribution is -2.36. The summed E-state index contributed by atoms with van der Waals surface area (Å²) >= 11 is 0. The van der Waals surface area contributed by atoms with E-state index in [-0.39, 0.29) is 11.9 Å². The van der Waals surface area contributed by atoms with Crippen molar-refractivity contribution < 1.29 is 9.53 Å². The second-order valence-electron chi connectivity index (χ2n) is 3.83. The third-order valence-electron chi connectivity index (χ3n) is 3.00. The van der Waals surface area contributed by atoms with Crippen molar-refractivity contribution in [3.63, 3.8) is 0 Å². The van der Waals surface area contributed by atoms with Crippen molar-refractivity contribution in [1.29, 1.82) is 0 Å². The van der Waals surface area contributed by atoms with E-state index in [1.165, 1.54) is 12.8 Å². The predicted octanol–water partition coefficient (Wildman–Crippen LogP) is 2.23. The Morgan fingerprint density at radius 1 is 1.50 bits per heavy atom. The summed E-state index contributed by atoms with van der Waals surface area (Å²) in [5.41, 5.74) is 0. The highest BCUT2D eigenvalue weighted by molar-refractivity contribution is 5.73. The molecule has 0 aromatic carbocycles. The molecule has 1 aliphatic rings. The third-order valence-corrected chi connectivity index (χ3v) is 3.00. The van der Waals surface area contributed by atoms with E-state index in [4.69, 9.17) is 4.74 Å². The average molecular weight is 170 g/mol. The van der Waals surface area contributed by atoms with E-state index < -0.39 is 0 Å². The lowest BCUT2D eigenvalue weighted by molar-refractivity contribution is -0.159. The van der Waals surface area contributed by atoms with Gasteiger partial charge in [0.25, 0.3) is 0 Å². The van der Waals surface area contributed by atoms with Crippen LogP contribution >= 0.6 is 0 Å². The zero-order chi connectivity index (χ0) is 9.14. The zero-order valence-corrected chi connectivity index (χ0v) is 8.17. The quantitative estimate of drug-likeness (QED) is 0.594. The number of hydrogen-bond acceptors (Lipinski definition) is 2. The molecule has 0 aromatic heterocycles. The standard InChI is InChI=1S/C10H18O2/c1-4-5-9-6-12-10(11)8(3)7(9)2/h7-9H,4-6H2,1-3H3. The Balaban J connectivity index is 2.52. The summed E-state index contributed by atoms with van der Waals surface area (Å²) < 4.78 is 5.09. The highest BCUT2D eigenvalue weighted by Gasteiger charge is 2.33. The van der Waals surface area contributed by atoms with E-state index in [1.807, 2.05) is 6.92 Å². The third kappa shape index (κ3) is 1.79. The van der Waals surface area contributed by atoms with Crippen LogP contribution in [0.25, 0.3) is 0 Å². The van der Waals surface area contributed by atoms with E-state index in [9.17, 15) is 4.79 Å². The Bertz CT molecular complexity index is 165. The molecule has 2 heteroatoms. The topological polar surface area (TPSA) is 26.3 Å². The monoisotopic (exact) mass is 170 g/mol. The summed E-state index contributed by atoms with van der Waals surface area (Å²) in [6.07, 6.45) is 2.36. The van der Waals surface area contributed by atoms with Gasteiger partial charge in [-0.3, -0.25) is 4.79 Å². The van der Waals surface area contributed by atoms with Crippen molar-refractivity contribution >= 4 is 5.97 Å². The minimum absolute atomic E-state index is 0.0187. The predicted molar refractivity (Wildman–Crippen MR) is 47.7 cm³/mol. The number of hydrogen-bond donors (Lipinski definition) is 0. The maximum absolute atomic E-state index is 11.1. The first-order valence-electron chi connectivity index (χ1n) is 4.83. The number of esters is 1. The van der Waals surface area contributed by atoms with Crippen LogP contribution < -0.4 is 0 Å². The van der Waals surface area contributed by atoms with E-state index in [1.54, 1.807) is 0 Å². The molecule has 0 radical (unpaired) electrons. The summed E-state index contributed by atoms with van der Waals surface area (Å²) in [5, 5.41) is 0. The summed E-state index contributed by atoms with van der Waals surface area (Å²) in [7, 11) is 0. The molecule has 0 N–H and O–H groups in total. The SMILES string of the molecule is CCCC1COC(=O)C(C)C1C. The van der Waals surface area contributed by atoms with Gasteiger partial charge < -0.3 is 4.74 Å². The highest BCUT2D eigenvalue weighted by Crippen LogP contribution is 2.30. The van der Waals surface area contributed by atoms with E-state index >= 15 is 0 Å². The van der Waals surface area contributed by atoms with Gasteiger partial charge in [-0.25, -0.2) is 0 Å². The molecule has 1 fully saturated rings. The van der Waals surface area contributed by atoms with Crippen LogP contribution in [0.2, 0.25) is 0 Å². The van der Waals surface area contributed by atoms with Crippen molar-refractivity contribution in [2.24, 2.45) is 17.8 Å². The minimum Gasteiger partial charge on any atom is -0.465 e. The second kappa shape index (κ2) is 3.92. The van der Waals surface area contributed by atoms with Crippen LogP contribution in [-0.2, 0) is 9.53 Å². The molecule has 0 spiro atoms. The van der Waals surface area contributed by atoms with Gasteiger partial charge in [0, 0.05) is 0 Å². The average Bonchev–Trinajstić information content (AvgIpc) is 2.07. The molecule has 0 saturated carbocycles. The first-order valence-corrected chi connectivity index (χ1v) is 4.83. The summed E-state index contributed by atoms with van der Waals surface area (Å²) in [6, 6.07) is 0. The Kier molecular flexibility index (Phi) is 3.12. The Hall–Kier alpha value is -0.530. The lowest BCUT2D eigenvalue weighted by Gasteiger charge is -2.32. The van der Waals surface area contributed by atoms with Gasteiger partial charge in [0.05, 0.1) is 12.5 Å². The normalized spacial score (nSPS) is 36.2. The van der Waals surface area contributed by atoms with Gasteiger partial charge in [-0.15, -0.1) is 0 Å². The van der Waals surface area contributed by atoms with Crippen molar-refractivity contribution in [2.45, 2.75) is 33.6 Å². The summed E-state index contributed by atoms with van der Waals surface area (Å²) in [6.45, 7) is 6.94. The Morgan fingerprint density at radius 2 is 2.17 bits per heavy atom. The molecule has 0 aromatic rings. The Labute approximate surface area is 74.3 Å². The van der Waals surface area contributed by atoms with Crippen LogP contribution in [0.4, 0.5) is 0 Å². The Morgan fingerprint density at radius 3 is 2.75 bits per heavy atom. The van der Waals surface area contributed by atoms with Gasteiger partial charge in [-0.1, -0.05) is 27.2 Å². The van der Waals surface area contributed by atoms with Gasteiger partial charge in [0.2, 0.25) is 0 Å². The number of carbonyl (C=O) groups is 1. The summed E-state index contributed by atoms with van der Waals surface area (Å²) in [5.74, 6) is 1.15. The van der Waals surface area contributed by atoms with Crippen LogP contribution in [0, 0.1) is 17.8 Å². The molecule has 70 valence electrons. The van der Waals surface area contributed by atoms with E-state index in [0.717, 1.165) is 0 Å². The number of cyclic esters (lactones) is 1. The van der Waals surface area contributed by atoms with E-state index in [2.05, 4.69) is 13.8 Å². The molecule has 1 saturated heterocycles. The van der Waals surface area contributed by atoms with Gasteiger partial charge in [-0.2, -0.15) is 0 Å². The molecule has 0 amide bonds. The molecular formula is C10H18O2.